The van der Waals surface area contributed by atoms with Gasteiger partial charge < -0.3 is 15.0 Å². The highest BCUT2D eigenvalue weighted by atomic mass is 32.2. The molecule has 0 bridgehead atoms. The molecule has 7 heteroatoms. The Kier molecular flexibility index (Phi) is 5.61. The minimum atomic E-state index is -0.824. The van der Waals surface area contributed by atoms with Crippen molar-refractivity contribution in [1.29, 1.82) is 0 Å². The monoisotopic (exact) mass is 272 g/mol. The van der Waals surface area contributed by atoms with Crippen molar-refractivity contribution in [2.45, 2.75) is 36.9 Å². The predicted octanol–water partition coefficient (Wildman–Crippen LogP) is 1.14. The first-order valence-electron chi connectivity index (χ1n) is 5.88. The Morgan fingerprint density at radius 1 is 1.61 bits per heavy atom. The van der Waals surface area contributed by atoms with Gasteiger partial charge in [0.15, 0.2) is 5.16 Å². The van der Waals surface area contributed by atoms with Gasteiger partial charge in [-0.15, -0.1) is 10.2 Å². The van der Waals surface area contributed by atoms with Gasteiger partial charge in [0.2, 0.25) is 0 Å². The van der Waals surface area contributed by atoms with Crippen molar-refractivity contribution >= 4 is 17.7 Å². The number of unbranched alkanes of at least 4 members (excludes halogenated alkanes) is 1. The Labute approximate surface area is 111 Å². The van der Waals surface area contributed by atoms with Crippen LogP contribution in [-0.4, -0.2) is 44.2 Å². The summed E-state index contributed by atoms with van der Waals surface area (Å²) in [4.78, 5) is 11.1. The molecule has 0 amide bonds. The van der Waals surface area contributed by atoms with Crippen LogP contribution in [0.2, 0.25) is 0 Å². The van der Waals surface area contributed by atoms with E-state index in [1.54, 1.807) is 32.1 Å². The van der Waals surface area contributed by atoms with Crippen molar-refractivity contribution in [3.05, 3.63) is 6.33 Å². The molecular formula is C11H20N4O2S. The zero-order chi connectivity index (χ0) is 13.6. The Bertz CT molecular complexity index is 396. The molecule has 1 rings (SSSR count). The summed E-state index contributed by atoms with van der Waals surface area (Å²) < 4.78 is 1.87. The summed E-state index contributed by atoms with van der Waals surface area (Å²) in [6.45, 7) is 1.71. The minimum absolute atomic E-state index is 0.623. The second-order valence-corrected chi connectivity index (χ2v) is 5.48. The number of carboxylic acids is 1. The van der Waals surface area contributed by atoms with E-state index >= 15 is 0 Å². The lowest BCUT2D eigenvalue weighted by Crippen LogP contribution is -2.47. The molecule has 102 valence electrons. The lowest BCUT2D eigenvalue weighted by Gasteiger charge is -2.23. The normalized spacial score (nSPS) is 14.4. The van der Waals surface area contributed by atoms with Crippen LogP contribution in [0.4, 0.5) is 0 Å². The summed E-state index contributed by atoms with van der Waals surface area (Å²) in [7, 11) is 3.59. The van der Waals surface area contributed by atoms with Crippen LogP contribution >= 0.6 is 11.8 Å². The van der Waals surface area contributed by atoms with Gasteiger partial charge in [-0.2, -0.15) is 0 Å². The summed E-state index contributed by atoms with van der Waals surface area (Å²) in [5.74, 6) is 0.123. The van der Waals surface area contributed by atoms with Crippen molar-refractivity contribution in [2.75, 3.05) is 12.8 Å². The van der Waals surface area contributed by atoms with E-state index in [9.17, 15) is 4.79 Å². The van der Waals surface area contributed by atoms with Gasteiger partial charge in [0, 0.05) is 12.8 Å². The molecule has 0 aromatic carbocycles. The molecule has 0 aliphatic carbocycles. The number of likely N-dealkylation sites (N-methyl/N-ethyl adjacent to an activating group) is 1. The number of rotatable bonds is 8. The van der Waals surface area contributed by atoms with E-state index in [4.69, 9.17) is 5.11 Å². The van der Waals surface area contributed by atoms with Crippen molar-refractivity contribution in [3.63, 3.8) is 0 Å². The first kappa shape index (κ1) is 15.0. The molecule has 1 heterocycles. The van der Waals surface area contributed by atoms with Crippen LogP contribution in [0.15, 0.2) is 11.5 Å². The molecule has 0 aliphatic rings. The number of hydrogen-bond donors (Lipinski definition) is 2. The van der Waals surface area contributed by atoms with Gasteiger partial charge in [0.1, 0.15) is 11.9 Å². The van der Waals surface area contributed by atoms with E-state index in [1.807, 2.05) is 11.6 Å². The Hall–Kier alpha value is -1.08. The van der Waals surface area contributed by atoms with Gasteiger partial charge in [-0.3, -0.25) is 4.79 Å². The zero-order valence-electron chi connectivity index (χ0n) is 11.0. The predicted molar refractivity (Wildman–Crippen MR) is 70.7 cm³/mol. The standard InChI is InChI=1S/C11H20N4O2S/c1-11(12-2,9(16)17)6-4-5-7-18-10-14-13-8-15(10)3/h8,12H,4-7H2,1-3H3,(H,16,17). The van der Waals surface area contributed by atoms with Crippen LogP contribution in [0.1, 0.15) is 26.2 Å². The maximum atomic E-state index is 11.1. The highest BCUT2D eigenvalue weighted by Gasteiger charge is 2.29. The number of aryl methyl sites for hydroxylation is 1. The maximum Gasteiger partial charge on any atom is 0.323 e. The highest BCUT2D eigenvalue weighted by molar-refractivity contribution is 7.99. The van der Waals surface area contributed by atoms with Crippen LogP contribution in [0.3, 0.4) is 0 Å². The third kappa shape index (κ3) is 3.99. The number of carboxylic acid groups (broad SMARTS) is 1. The van der Waals surface area contributed by atoms with Crippen molar-refractivity contribution in [2.24, 2.45) is 7.05 Å². The van der Waals surface area contributed by atoms with Gasteiger partial charge in [0.05, 0.1) is 0 Å². The Morgan fingerprint density at radius 2 is 2.33 bits per heavy atom. The molecule has 0 fully saturated rings. The fraction of sp³-hybridized carbons (Fsp3) is 0.727. The van der Waals surface area contributed by atoms with Crippen molar-refractivity contribution in [1.82, 2.24) is 20.1 Å². The van der Waals surface area contributed by atoms with Gasteiger partial charge >= 0.3 is 5.97 Å². The van der Waals surface area contributed by atoms with Gasteiger partial charge in [-0.1, -0.05) is 18.2 Å². The Morgan fingerprint density at radius 3 is 2.83 bits per heavy atom. The summed E-state index contributed by atoms with van der Waals surface area (Å²) in [5, 5.41) is 20.6. The quantitative estimate of drug-likeness (QED) is 0.545. The number of thioether (sulfide) groups is 1. The molecular weight excluding hydrogens is 252 g/mol. The summed E-state index contributed by atoms with van der Waals surface area (Å²) in [6.07, 6.45) is 4.12. The fourth-order valence-electron chi connectivity index (χ4n) is 1.49. The third-order valence-electron chi connectivity index (χ3n) is 3.00. The van der Waals surface area contributed by atoms with Gasteiger partial charge in [0.25, 0.3) is 0 Å². The van der Waals surface area contributed by atoms with E-state index in [0.29, 0.717) is 6.42 Å². The minimum Gasteiger partial charge on any atom is -0.480 e. The van der Waals surface area contributed by atoms with E-state index in [0.717, 1.165) is 23.8 Å². The summed E-state index contributed by atoms with van der Waals surface area (Å²) >= 11 is 1.64. The second-order valence-electron chi connectivity index (χ2n) is 4.42. The lowest BCUT2D eigenvalue weighted by molar-refractivity contribution is -0.144. The molecule has 6 nitrogen and oxygen atoms in total. The van der Waals surface area contributed by atoms with Gasteiger partial charge in [-0.25, -0.2) is 0 Å². The zero-order valence-corrected chi connectivity index (χ0v) is 11.8. The Balaban J connectivity index is 2.23. The molecule has 0 saturated carbocycles. The van der Waals surface area contributed by atoms with Crippen LogP contribution in [0, 0.1) is 0 Å². The van der Waals surface area contributed by atoms with Crippen LogP contribution < -0.4 is 5.32 Å². The molecule has 1 aromatic heterocycles. The molecule has 0 spiro atoms. The number of aliphatic carboxylic acids is 1. The van der Waals surface area contributed by atoms with Crippen LogP contribution in [0.25, 0.3) is 0 Å². The summed E-state index contributed by atoms with van der Waals surface area (Å²) in [5.41, 5.74) is -0.824. The molecule has 1 aromatic rings. The first-order chi connectivity index (χ1) is 8.49. The highest BCUT2D eigenvalue weighted by Crippen LogP contribution is 2.18. The molecule has 0 saturated heterocycles. The van der Waals surface area contributed by atoms with Gasteiger partial charge in [-0.05, 0) is 26.8 Å². The molecule has 0 radical (unpaired) electrons. The fourth-order valence-corrected chi connectivity index (χ4v) is 2.37. The number of carbonyl (C=O) groups is 1. The molecule has 0 aliphatic heterocycles. The molecule has 18 heavy (non-hydrogen) atoms. The van der Waals surface area contributed by atoms with Crippen LogP contribution in [0.5, 0.6) is 0 Å². The third-order valence-corrected chi connectivity index (χ3v) is 4.12. The van der Waals surface area contributed by atoms with E-state index < -0.39 is 11.5 Å². The smallest absolute Gasteiger partial charge is 0.323 e. The topological polar surface area (TPSA) is 80.0 Å². The van der Waals surface area contributed by atoms with Crippen molar-refractivity contribution in [3.8, 4) is 0 Å². The van der Waals surface area contributed by atoms with E-state index in [1.165, 1.54) is 0 Å². The first-order valence-corrected chi connectivity index (χ1v) is 6.87. The van der Waals surface area contributed by atoms with Crippen molar-refractivity contribution < 1.29 is 9.90 Å². The van der Waals surface area contributed by atoms with E-state index in [-0.39, 0.29) is 0 Å². The number of aromatic nitrogens is 3. The second kappa shape index (κ2) is 6.75. The SMILES string of the molecule is CNC(C)(CCCCSc1nncn1C)C(=O)O. The number of nitrogens with zero attached hydrogens (tertiary/aromatic N) is 3. The average Bonchev–Trinajstić information content (AvgIpc) is 2.74. The molecule has 1 atom stereocenters. The van der Waals surface area contributed by atoms with Crippen LogP contribution in [-0.2, 0) is 11.8 Å². The number of nitrogens with one attached hydrogen (secondary N) is 1. The lowest BCUT2D eigenvalue weighted by atomic mass is 9.95. The molecule has 2 N–H and O–H groups in total. The van der Waals surface area contributed by atoms with E-state index in [2.05, 4.69) is 15.5 Å². The number of hydrogen-bond acceptors (Lipinski definition) is 5. The molecule has 1 unspecified atom stereocenters. The summed E-state index contributed by atoms with van der Waals surface area (Å²) in [6, 6.07) is 0. The largest absolute Gasteiger partial charge is 0.480 e. The maximum absolute atomic E-state index is 11.1. The average molecular weight is 272 g/mol.